The molecule has 0 bridgehead atoms. The van der Waals surface area contributed by atoms with E-state index in [0.29, 0.717) is 23.3 Å². The van der Waals surface area contributed by atoms with Crippen molar-refractivity contribution in [3.63, 3.8) is 0 Å². The Morgan fingerprint density at radius 2 is 1.94 bits per heavy atom. The number of ketones is 1. The van der Waals surface area contributed by atoms with Gasteiger partial charge < -0.3 is 0 Å². The zero-order chi connectivity index (χ0) is 12.0. The van der Waals surface area contributed by atoms with Crippen molar-refractivity contribution in [3.05, 3.63) is 47.3 Å². The van der Waals surface area contributed by atoms with Crippen LogP contribution in [0.5, 0.6) is 0 Å². The van der Waals surface area contributed by atoms with Crippen molar-refractivity contribution in [2.24, 2.45) is 0 Å². The second kappa shape index (κ2) is 3.66. The minimum absolute atomic E-state index is 0.0720. The molecule has 2 aromatic rings. The fraction of sp³-hybridized carbons (Fsp3) is 0.267. The highest BCUT2D eigenvalue weighted by Crippen LogP contribution is 2.37. The molecule has 1 aliphatic rings. The predicted molar refractivity (Wildman–Crippen MR) is 65.9 cm³/mol. The van der Waals surface area contributed by atoms with Gasteiger partial charge in [-0.15, -0.1) is 0 Å². The van der Waals surface area contributed by atoms with Gasteiger partial charge in [0.15, 0.2) is 5.78 Å². The smallest absolute Gasteiger partial charge is 0.163 e. The van der Waals surface area contributed by atoms with Crippen LogP contribution >= 0.6 is 0 Å². The van der Waals surface area contributed by atoms with Crippen LogP contribution in [0.1, 0.15) is 41.6 Å². The van der Waals surface area contributed by atoms with Crippen molar-refractivity contribution in [2.75, 3.05) is 0 Å². The standard InChI is InChI=1S/C15H13FO/c1-9-6-7-14(17)12-8-13(16)10-4-2-3-5-11(10)15(9)12/h2-5,8-9H,6-7H2,1H3. The number of hydrogen-bond donors (Lipinski definition) is 0. The van der Waals surface area contributed by atoms with Gasteiger partial charge >= 0.3 is 0 Å². The van der Waals surface area contributed by atoms with Gasteiger partial charge in [-0.2, -0.15) is 0 Å². The topological polar surface area (TPSA) is 17.1 Å². The quantitative estimate of drug-likeness (QED) is 0.664. The Labute approximate surface area is 99.3 Å². The molecule has 0 radical (unpaired) electrons. The molecule has 3 rings (SSSR count). The molecule has 0 N–H and O–H groups in total. The first kappa shape index (κ1) is 10.5. The van der Waals surface area contributed by atoms with Gasteiger partial charge in [0.1, 0.15) is 5.82 Å². The summed E-state index contributed by atoms with van der Waals surface area (Å²) in [5, 5.41) is 1.51. The number of carbonyl (C=O) groups is 1. The Bertz CT molecular complexity index is 616. The van der Waals surface area contributed by atoms with Crippen LogP contribution in [0.2, 0.25) is 0 Å². The Hall–Kier alpha value is -1.70. The molecule has 0 aromatic heterocycles. The van der Waals surface area contributed by atoms with E-state index in [9.17, 15) is 9.18 Å². The Morgan fingerprint density at radius 3 is 2.71 bits per heavy atom. The zero-order valence-corrected chi connectivity index (χ0v) is 9.66. The highest BCUT2D eigenvalue weighted by atomic mass is 19.1. The molecule has 1 atom stereocenters. The Kier molecular flexibility index (Phi) is 2.25. The molecular formula is C15H13FO. The van der Waals surface area contributed by atoms with Crippen LogP contribution < -0.4 is 0 Å². The molecule has 1 nitrogen and oxygen atoms in total. The van der Waals surface area contributed by atoms with Crippen LogP contribution in [0.15, 0.2) is 30.3 Å². The van der Waals surface area contributed by atoms with Crippen LogP contribution in [0.4, 0.5) is 4.39 Å². The maximum absolute atomic E-state index is 13.9. The lowest BCUT2D eigenvalue weighted by molar-refractivity contribution is 0.0968. The molecule has 17 heavy (non-hydrogen) atoms. The van der Waals surface area contributed by atoms with Crippen LogP contribution in [-0.4, -0.2) is 5.78 Å². The van der Waals surface area contributed by atoms with E-state index in [2.05, 4.69) is 6.92 Å². The van der Waals surface area contributed by atoms with Crippen LogP contribution in [-0.2, 0) is 0 Å². The molecule has 0 heterocycles. The molecular weight excluding hydrogens is 215 g/mol. The highest BCUT2D eigenvalue weighted by molar-refractivity contribution is 6.04. The average Bonchev–Trinajstić information content (AvgIpc) is 2.34. The van der Waals surface area contributed by atoms with Gasteiger partial charge in [-0.3, -0.25) is 4.79 Å². The predicted octanol–water partition coefficient (Wildman–Crippen LogP) is 4.06. The number of halogens is 1. The second-order valence-corrected chi connectivity index (χ2v) is 4.73. The molecule has 0 saturated heterocycles. The van der Waals surface area contributed by atoms with Crippen molar-refractivity contribution in [1.29, 1.82) is 0 Å². The van der Waals surface area contributed by atoms with Gasteiger partial charge in [-0.05, 0) is 29.4 Å². The first-order valence-electron chi connectivity index (χ1n) is 5.93. The largest absolute Gasteiger partial charge is 0.294 e. The summed E-state index contributed by atoms with van der Waals surface area (Å²) in [7, 11) is 0. The number of hydrogen-bond acceptors (Lipinski definition) is 1. The van der Waals surface area contributed by atoms with Crippen molar-refractivity contribution in [3.8, 4) is 0 Å². The molecule has 0 saturated carbocycles. The molecule has 2 heteroatoms. The SMILES string of the molecule is CC1CCC(=O)c2cc(F)c3ccccc3c21. The number of fused-ring (bicyclic) bond motifs is 3. The zero-order valence-electron chi connectivity index (χ0n) is 9.66. The second-order valence-electron chi connectivity index (χ2n) is 4.73. The normalized spacial score (nSPS) is 19.4. The maximum atomic E-state index is 13.9. The molecule has 0 aliphatic heterocycles. The summed E-state index contributed by atoms with van der Waals surface area (Å²) in [5.74, 6) is 0.109. The molecule has 0 spiro atoms. The maximum Gasteiger partial charge on any atom is 0.163 e. The summed E-state index contributed by atoms with van der Waals surface area (Å²) in [6.45, 7) is 2.11. The summed E-state index contributed by atoms with van der Waals surface area (Å²) in [4.78, 5) is 11.9. The number of rotatable bonds is 0. The van der Waals surface area contributed by atoms with Gasteiger partial charge in [-0.1, -0.05) is 31.2 Å². The van der Waals surface area contributed by atoms with E-state index < -0.39 is 0 Å². The van der Waals surface area contributed by atoms with Crippen LogP contribution in [0, 0.1) is 5.82 Å². The third-order valence-electron chi connectivity index (χ3n) is 3.63. The van der Waals surface area contributed by atoms with Crippen molar-refractivity contribution in [2.45, 2.75) is 25.7 Å². The molecule has 0 amide bonds. The van der Waals surface area contributed by atoms with E-state index in [4.69, 9.17) is 0 Å². The summed E-state index contributed by atoms with van der Waals surface area (Å²) >= 11 is 0. The van der Waals surface area contributed by atoms with Gasteiger partial charge in [0.2, 0.25) is 0 Å². The minimum Gasteiger partial charge on any atom is -0.294 e. The lowest BCUT2D eigenvalue weighted by atomic mass is 9.80. The monoisotopic (exact) mass is 228 g/mol. The van der Waals surface area contributed by atoms with E-state index in [1.807, 2.05) is 18.2 Å². The van der Waals surface area contributed by atoms with Crippen molar-refractivity contribution in [1.82, 2.24) is 0 Å². The summed E-state index contributed by atoms with van der Waals surface area (Å²) < 4.78 is 13.9. The molecule has 1 unspecified atom stereocenters. The van der Waals surface area contributed by atoms with Gasteiger partial charge in [-0.25, -0.2) is 4.39 Å². The Morgan fingerprint density at radius 1 is 1.24 bits per heavy atom. The van der Waals surface area contributed by atoms with Gasteiger partial charge in [0, 0.05) is 17.4 Å². The number of carbonyl (C=O) groups excluding carboxylic acids is 1. The minimum atomic E-state index is -0.290. The lowest BCUT2D eigenvalue weighted by Gasteiger charge is -2.23. The van der Waals surface area contributed by atoms with E-state index in [1.165, 1.54) is 6.07 Å². The van der Waals surface area contributed by atoms with Crippen LogP contribution in [0.3, 0.4) is 0 Å². The third kappa shape index (κ3) is 1.47. The van der Waals surface area contributed by atoms with E-state index >= 15 is 0 Å². The fourth-order valence-electron chi connectivity index (χ4n) is 2.74. The molecule has 1 aliphatic carbocycles. The van der Waals surface area contributed by atoms with Crippen molar-refractivity contribution >= 4 is 16.6 Å². The van der Waals surface area contributed by atoms with Crippen LogP contribution in [0.25, 0.3) is 10.8 Å². The molecule has 86 valence electrons. The molecule has 0 fully saturated rings. The van der Waals surface area contributed by atoms with Crippen molar-refractivity contribution < 1.29 is 9.18 Å². The fourth-order valence-corrected chi connectivity index (χ4v) is 2.74. The highest BCUT2D eigenvalue weighted by Gasteiger charge is 2.25. The molecule has 2 aromatic carbocycles. The first-order chi connectivity index (χ1) is 8.18. The Balaban J connectivity index is 2.45. The lowest BCUT2D eigenvalue weighted by Crippen LogP contribution is -2.15. The number of Topliss-reactive ketones (excluding diaryl/α,β-unsaturated/α-hetero) is 1. The van der Waals surface area contributed by atoms with E-state index in [0.717, 1.165) is 17.4 Å². The van der Waals surface area contributed by atoms with Gasteiger partial charge in [0.25, 0.3) is 0 Å². The van der Waals surface area contributed by atoms with Gasteiger partial charge in [0.05, 0.1) is 0 Å². The summed E-state index contributed by atoms with van der Waals surface area (Å²) in [5.41, 5.74) is 1.61. The van der Waals surface area contributed by atoms with E-state index in [-0.39, 0.29) is 11.6 Å². The third-order valence-corrected chi connectivity index (χ3v) is 3.63. The number of benzene rings is 2. The summed E-state index contributed by atoms with van der Waals surface area (Å²) in [6.07, 6.45) is 1.40. The first-order valence-corrected chi connectivity index (χ1v) is 5.93. The summed E-state index contributed by atoms with van der Waals surface area (Å²) in [6, 6.07) is 8.82. The average molecular weight is 228 g/mol. The van der Waals surface area contributed by atoms with E-state index in [1.54, 1.807) is 6.07 Å².